The van der Waals surface area contributed by atoms with Crippen LogP contribution in [0, 0.1) is 5.82 Å². The molecule has 0 saturated carbocycles. The zero-order chi connectivity index (χ0) is 13.8. The quantitative estimate of drug-likeness (QED) is 0.810. The summed E-state index contributed by atoms with van der Waals surface area (Å²) < 4.78 is 37.6. The summed E-state index contributed by atoms with van der Waals surface area (Å²) >= 11 is 0. The van der Waals surface area contributed by atoms with Crippen LogP contribution in [0.1, 0.15) is 33.1 Å². The summed E-state index contributed by atoms with van der Waals surface area (Å²) in [5.41, 5.74) is 5.94. The number of benzene rings is 1. The van der Waals surface area contributed by atoms with Crippen molar-refractivity contribution in [2.75, 3.05) is 0 Å². The summed E-state index contributed by atoms with van der Waals surface area (Å²) in [7, 11) is -3.48. The van der Waals surface area contributed by atoms with Crippen molar-refractivity contribution in [3.63, 3.8) is 0 Å². The molecule has 0 aliphatic rings. The number of halogens is 1. The number of sulfone groups is 1. The van der Waals surface area contributed by atoms with Crippen LogP contribution in [0.2, 0.25) is 0 Å². The molecule has 0 amide bonds. The van der Waals surface area contributed by atoms with Crippen LogP contribution in [0.15, 0.2) is 29.2 Å². The van der Waals surface area contributed by atoms with Gasteiger partial charge in [-0.1, -0.05) is 20.3 Å². The van der Waals surface area contributed by atoms with E-state index in [1.54, 1.807) is 6.92 Å². The Morgan fingerprint density at radius 2 is 1.78 bits per heavy atom. The van der Waals surface area contributed by atoms with Crippen LogP contribution in [0.4, 0.5) is 4.39 Å². The van der Waals surface area contributed by atoms with Crippen LogP contribution in [0.25, 0.3) is 0 Å². The van der Waals surface area contributed by atoms with Crippen molar-refractivity contribution in [3.8, 4) is 0 Å². The fraction of sp³-hybridized carbons (Fsp3) is 0.538. The summed E-state index contributed by atoms with van der Waals surface area (Å²) in [6.07, 6.45) is 1.97. The summed E-state index contributed by atoms with van der Waals surface area (Å²) in [5, 5.41) is -0.608. The molecule has 1 rings (SSSR count). The van der Waals surface area contributed by atoms with E-state index in [4.69, 9.17) is 5.73 Å². The Balaban J connectivity index is 3.06. The van der Waals surface area contributed by atoms with Gasteiger partial charge in [0.2, 0.25) is 0 Å². The highest BCUT2D eigenvalue weighted by Crippen LogP contribution is 2.22. The van der Waals surface area contributed by atoms with E-state index in [9.17, 15) is 12.8 Å². The Hall–Kier alpha value is -0.940. The van der Waals surface area contributed by atoms with Crippen LogP contribution in [0.3, 0.4) is 0 Å². The van der Waals surface area contributed by atoms with Gasteiger partial charge >= 0.3 is 0 Å². The monoisotopic (exact) mass is 273 g/mol. The molecule has 2 N–H and O–H groups in total. The lowest BCUT2D eigenvalue weighted by Crippen LogP contribution is -2.40. The van der Waals surface area contributed by atoms with Crippen LogP contribution in [-0.2, 0) is 9.84 Å². The predicted molar refractivity (Wildman–Crippen MR) is 70.5 cm³/mol. The normalized spacial score (nSPS) is 15.3. The minimum atomic E-state index is -3.48. The van der Waals surface area contributed by atoms with Gasteiger partial charge in [0.1, 0.15) is 5.82 Å². The largest absolute Gasteiger partial charge is 0.327 e. The topological polar surface area (TPSA) is 60.2 Å². The third kappa shape index (κ3) is 3.29. The number of rotatable bonds is 6. The Morgan fingerprint density at radius 3 is 2.22 bits per heavy atom. The molecule has 3 nitrogen and oxygen atoms in total. The Bertz CT molecular complexity index is 470. The fourth-order valence-electron chi connectivity index (χ4n) is 2.07. The first-order chi connectivity index (χ1) is 8.43. The number of hydrogen-bond donors (Lipinski definition) is 1. The Labute approximate surface area is 108 Å². The molecular formula is C13H20FNO2S. The summed E-state index contributed by atoms with van der Waals surface area (Å²) in [5.74, 6) is -0.445. The molecular weight excluding hydrogens is 253 g/mol. The van der Waals surface area contributed by atoms with Crippen molar-refractivity contribution in [2.24, 2.45) is 5.73 Å². The first kappa shape index (κ1) is 15.1. The van der Waals surface area contributed by atoms with Gasteiger partial charge in [-0.15, -0.1) is 0 Å². The van der Waals surface area contributed by atoms with Gasteiger partial charge in [0.15, 0.2) is 9.84 Å². The zero-order valence-electron chi connectivity index (χ0n) is 10.8. The van der Waals surface area contributed by atoms with Crippen LogP contribution in [-0.4, -0.2) is 19.7 Å². The molecule has 0 bridgehead atoms. The third-order valence-corrected chi connectivity index (χ3v) is 5.45. The second-order valence-corrected chi connectivity index (χ2v) is 6.57. The van der Waals surface area contributed by atoms with Crippen LogP contribution < -0.4 is 5.73 Å². The van der Waals surface area contributed by atoms with Gasteiger partial charge in [-0.05, 0) is 37.1 Å². The first-order valence-corrected chi connectivity index (χ1v) is 7.73. The lowest BCUT2D eigenvalue weighted by atomic mass is 10.1. The molecule has 0 spiro atoms. The van der Waals surface area contributed by atoms with Crippen LogP contribution >= 0.6 is 0 Å². The van der Waals surface area contributed by atoms with Gasteiger partial charge in [0.25, 0.3) is 0 Å². The van der Waals surface area contributed by atoms with Gasteiger partial charge < -0.3 is 5.73 Å². The highest BCUT2D eigenvalue weighted by Gasteiger charge is 2.30. The molecule has 2 atom stereocenters. The smallest absolute Gasteiger partial charge is 0.182 e. The summed E-state index contributed by atoms with van der Waals surface area (Å²) in [4.78, 5) is 0.141. The molecule has 0 fully saturated rings. The molecule has 102 valence electrons. The van der Waals surface area contributed by atoms with Gasteiger partial charge in [-0.2, -0.15) is 0 Å². The molecule has 0 heterocycles. The van der Waals surface area contributed by atoms with Gasteiger partial charge in [-0.3, -0.25) is 0 Å². The van der Waals surface area contributed by atoms with Crippen molar-refractivity contribution >= 4 is 9.84 Å². The number of nitrogens with two attached hydrogens (primary N) is 1. The van der Waals surface area contributed by atoms with E-state index in [-0.39, 0.29) is 10.9 Å². The van der Waals surface area contributed by atoms with E-state index in [1.807, 2.05) is 6.92 Å². The van der Waals surface area contributed by atoms with E-state index >= 15 is 0 Å². The van der Waals surface area contributed by atoms with E-state index in [0.29, 0.717) is 12.8 Å². The van der Waals surface area contributed by atoms with E-state index in [1.165, 1.54) is 12.1 Å². The fourth-order valence-corrected chi connectivity index (χ4v) is 3.97. The van der Waals surface area contributed by atoms with Crippen molar-refractivity contribution in [2.45, 2.75) is 49.3 Å². The maximum atomic E-state index is 12.8. The lowest BCUT2D eigenvalue weighted by Gasteiger charge is -2.22. The minimum Gasteiger partial charge on any atom is -0.327 e. The zero-order valence-corrected chi connectivity index (χ0v) is 11.6. The molecule has 0 aliphatic heterocycles. The maximum Gasteiger partial charge on any atom is 0.182 e. The number of hydrogen-bond acceptors (Lipinski definition) is 3. The highest BCUT2D eigenvalue weighted by atomic mass is 32.2. The Morgan fingerprint density at radius 1 is 1.22 bits per heavy atom. The molecule has 0 saturated heterocycles. The molecule has 18 heavy (non-hydrogen) atoms. The van der Waals surface area contributed by atoms with E-state index in [0.717, 1.165) is 18.6 Å². The van der Waals surface area contributed by atoms with Gasteiger partial charge in [-0.25, -0.2) is 12.8 Å². The molecule has 0 radical (unpaired) electrons. The second-order valence-electron chi connectivity index (χ2n) is 4.40. The van der Waals surface area contributed by atoms with Crippen molar-refractivity contribution < 1.29 is 12.8 Å². The van der Waals surface area contributed by atoms with Crippen molar-refractivity contribution in [1.29, 1.82) is 0 Å². The van der Waals surface area contributed by atoms with Gasteiger partial charge in [0, 0.05) is 6.04 Å². The van der Waals surface area contributed by atoms with Crippen molar-refractivity contribution in [1.82, 2.24) is 0 Å². The van der Waals surface area contributed by atoms with E-state index in [2.05, 4.69) is 0 Å². The third-order valence-electron chi connectivity index (χ3n) is 3.04. The van der Waals surface area contributed by atoms with E-state index < -0.39 is 20.9 Å². The molecule has 5 heteroatoms. The minimum absolute atomic E-state index is 0.141. The highest BCUT2D eigenvalue weighted by molar-refractivity contribution is 7.92. The van der Waals surface area contributed by atoms with Gasteiger partial charge in [0.05, 0.1) is 10.1 Å². The molecule has 0 aromatic heterocycles. The average Bonchev–Trinajstić information content (AvgIpc) is 2.30. The molecule has 2 unspecified atom stereocenters. The average molecular weight is 273 g/mol. The molecule has 1 aromatic carbocycles. The predicted octanol–water partition coefficient (Wildman–Crippen LogP) is 2.51. The standard InChI is InChI=1S/C13H20FNO2S/c1-3-5-12(15)13(4-2)18(16,17)11-8-6-10(14)7-9-11/h6-9,12-13H,3-5,15H2,1-2H3. The molecule has 1 aromatic rings. The lowest BCUT2D eigenvalue weighted by molar-refractivity contribution is 0.516. The summed E-state index contributed by atoms with van der Waals surface area (Å²) in [6, 6.07) is 4.53. The Kier molecular flexibility index (Phi) is 5.28. The maximum absolute atomic E-state index is 12.8. The van der Waals surface area contributed by atoms with Crippen LogP contribution in [0.5, 0.6) is 0 Å². The summed E-state index contributed by atoms with van der Waals surface area (Å²) in [6.45, 7) is 3.78. The SMILES string of the molecule is CCCC(N)C(CC)S(=O)(=O)c1ccc(F)cc1. The second kappa shape index (κ2) is 6.29. The molecule has 0 aliphatic carbocycles. The van der Waals surface area contributed by atoms with Crippen molar-refractivity contribution in [3.05, 3.63) is 30.1 Å². The first-order valence-electron chi connectivity index (χ1n) is 6.18.